The number of aromatic nitrogens is 2. The number of aryl methyl sites for hydroxylation is 1. The standard InChI is InChI=1S/C14H18BrN3O.C2H6/c1-5-11(8-9(2)15)6-7-12-10(3)13(19)18(4)14(16)17-12;1-2/h5,8H,1-2,6-7H2,3-4H3,(H2,16,17);1-2H3/b11-8+;. The van der Waals surface area contributed by atoms with Crippen LogP contribution in [0.1, 0.15) is 31.5 Å². The number of rotatable bonds is 5. The third-order valence-corrected chi connectivity index (χ3v) is 3.14. The molecule has 0 saturated carbocycles. The van der Waals surface area contributed by atoms with E-state index in [9.17, 15) is 4.79 Å². The zero-order chi connectivity index (χ0) is 16.6. The molecule has 5 heteroatoms. The maximum atomic E-state index is 11.9. The van der Waals surface area contributed by atoms with Crippen LogP contribution in [-0.2, 0) is 13.5 Å². The molecule has 0 aliphatic heterocycles. The summed E-state index contributed by atoms with van der Waals surface area (Å²) in [5.41, 5.74) is 8.00. The lowest BCUT2D eigenvalue weighted by Gasteiger charge is -2.09. The third-order valence-electron chi connectivity index (χ3n) is 2.91. The molecular formula is C16H24BrN3O. The van der Waals surface area contributed by atoms with E-state index in [1.54, 1.807) is 20.0 Å². The van der Waals surface area contributed by atoms with Crippen LogP contribution in [0.5, 0.6) is 0 Å². The average Bonchev–Trinajstić information content (AvgIpc) is 2.47. The summed E-state index contributed by atoms with van der Waals surface area (Å²) in [6.45, 7) is 13.3. The lowest BCUT2D eigenvalue weighted by molar-refractivity contribution is 0.790. The molecule has 0 aliphatic rings. The first-order chi connectivity index (χ1) is 9.86. The Bertz CT molecular complexity index is 600. The minimum atomic E-state index is -0.100. The predicted molar refractivity (Wildman–Crippen MR) is 94.6 cm³/mol. The number of nitrogen functional groups attached to an aromatic ring is 1. The van der Waals surface area contributed by atoms with Crippen LogP contribution in [0, 0.1) is 6.92 Å². The van der Waals surface area contributed by atoms with Crippen molar-refractivity contribution in [3.8, 4) is 0 Å². The van der Waals surface area contributed by atoms with Crippen molar-refractivity contribution in [2.24, 2.45) is 7.05 Å². The number of hydrogen-bond acceptors (Lipinski definition) is 3. The van der Waals surface area contributed by atoms with Crippen molar-refractivity contribution < 1.29 is 0 Å². The zero-order valence-corrected chi connectivity index (χ0v) is 14.8. The second-order valence-corrected chi connectivity index (χ2v) is 5.29. The molecule has 116 valence electrons. The Balaban J connectivity index is 0.00000191. The summed E-state index contributed by atoms with van der Waals surface area (Å²) in [6.07, 6.45) is 5.04. The molecule has 21 heavy (non-hydrogen) atoms. The van der Waals surface area contributed by atoms with E-state index in [0.29, 0.717) is 12.0 Å². The van der Waals surface area contributed by atoms with Crippen molar-refractivity contribution >= 4 is 21.9 Å². The fraction of sp³-hybridized carbons (Fsp3) is 0.375. The van der Waals surface area contributed by atoms with Gasteiger partial charge in [0.05, 0.1) is 5.69 Å². The highest BCUT2D eigenvalue weighted by Gasteiger charge is 2.09. The molecule has 1 aromatic heterocycles. The fourth-order valence-corrected chi connectivity index (χ4v) is 2.01. The summed E-state index contributed by atoms with van der Waals surface area (Å²) < 4.78 is 2.14. The highest BCUT2D eigenvalue weighted by Crippen LogP contribution is 2.15. The second-order valence-electron chi connectivity index (χ2n) is 4.28. The summed E-state index contributed by atoms with van der Waals surface area (Å²) in [7, 11) is 1.62. The Morgan fingerprint density at radius 3 is 2.52 bits per heavy atom. The van der Waals surface area contributed by atoms with Crippen LogP contribution in [0.4, 0.5) is 5.95 Å². The molecule has 1 rings (SSSR count). The van der Waals surface area contributed by atoms with Crippen LogP contribution in [0.3, 0.4) is 0 Å². The van der Waals surface area contributed by atoms with Gasteiger partial charge in [0.1, 0.15) is 0 Å². The molecule has 1 heterocycles. The highest BCUT2D eigenvalue weighted by molar-refractivity contribution is 9.11. The van der Waals surface area contributed by atoms with E-state index in [2.05, 4.69) is 34.1 Å². The van der Waals surface area contributed by atoms with Gasteiger partial charge in [0.2, 0.25) is 5.95 Å². The molecular weight excluding hydrogens is 330 g/mol. The van der Waals surface area contributed by atoms with Gasteiger partial charge in [-0.2, -0.15) is 0 Å². The minimum Gasteiger partial charge on any atom is -0.369 e. The Morgan fingerprint density at radius 1 is 1.48 bits per heavy atom. The van der Waals surface area contributed by atoms with Crippen molar-refractivity contribution in [1.82, 2.24) is 9.55 Å². The maximum Gasteiger partial charge on any atom is 0.257 e. The van der Waals surface area contributed by atoms with Crippen LogP contribution in [0.25, 0.3) is 0 Å². The lowest BCUT2D eigenvalue weighted by atomic mass is 10.1. The SMILES string of the molecule is C=C/C(=C\C(=C)Br)CCc1nc(N)n(C)c(=O)c1C.CC. The van der Waals surface area contributed by atoms with E-state index in [4.69, 9.17) is 5.73 Å². The molecule has 4 nitrogen and oxygen atoms in total. The van der Waals surface area contributed by atoms with Gasteiger partial charge >= 0.3 is 0 Å². The van der Waals surface area contributed by atoms with Crippen LogP contribution in [0.15, 0.2) is 40.2 Å². The van der Waals surface area contributed by atoms with Gasteiger partial charge in [0.25, 0.3) is 5.56 Å². The first kappa shape index (κ1) is 19.4. The number of anilines is 1. The Morgan fingerprint density at radius 2 is 2.05 bits per heavy atom. The monoisotopic (exact) mass is 353 g/mol. The normalized spacial score (nSPS) is 10.6. The molecule has 0 spiro atoms. The van der Waals surface area contributed by atoms with E-state index in [1.807, 2.05) is 19.9 Å². The van der Waals surface area contributed by atoms with E-state index < -0.39 is 0 Å². The fourth-order valence-electron chi connectivity index (χ4n) is 1.72. The van der Waals surface area contributed by atoms with E-state index in [1.165, 1.54) is 4.57 Å². The molecule has 1 aromatic rings. The highest BCUT2D eigenvalue weighted by atomic mass is 79.9. The number of halogens is 1. The summed E-state index contributed by atoms with van der Waals surface area (Å²) in [5, 5.41) is 0. The largest absolute Gasteiger partial charge is 0.369 e. The van der Waals surface area contributed by atoms with E-state index in [-0.39, 0.29) is 11.5 Å². The number of hydrogen-bond donors (Lipinski definition) is 1. The van der Waals surface area contributed by atoms with Crippen LogP contribution in [0.2, 0.25) is 0 Å². The molecule has 2 N–H and O–H groups in total. The summed E-state index contributed by atoms with van der Waals surface area (Å²) in [5.74, 6) is 0.236. The van der Waals surface area contributed by atoms with E-state index in [0.717, 1.165) is 22.2 Å². The molecule has 0 aromatic carbocycles. The second kappa shape index (κ2) is 9.34. The Kier molecular flexibility index (Phi) is 8.62. The lowest BCUT2D eigenvalue weighted by Crippen LogP contribution is -2.25. The van der Waals surface area contributed by atoms with Crippen LogP contribution >= 0.6 is 15.9 Å². The first-order valence-corrected chi connectivity index (χ1v) is 7.65. The van der Waals surface area contributed by atoms with Crippen molar-refractivity contribution in [1.29, 1.82) is 0 Å². The summed E-state index contributed by atoms with van der Waals surface area (Å²) in [6, 6.07) is 0. The first-order valence-electron chi connectivity index (χ1n) is 6.86. The molecule has 0 saturated heterocycles. The Hall–Kier alpha value is -1.62. The average molecular weight is 354 g/mol. The predicted octanol–water partition coefficient (Wildman–Crippen LogP) is 3.65. The Labute approximate surface area is 135 Å². The third kappa shape index (κ3) is 5.71. The molecule has 0 unspecified atom stereocenters. The summed E-state index contributed by atoms with van der Waals surface area (Å²) >= 11 is 3.28. The van der Waals surface area contributed by atoms with Gasteiger partial charge in [-0.25, -0.2) is 4.98 Å². The van der Waals surface area contributed by atoms with E-state index >= 15 is 0 Å². The molecule has 0 bridgehead atoms. The van der Waals surface area contributed by atoms with Gasteiger partial charge in [0.15, 0.2) is 0 Å². The maximum absolute atomic E-state index is 11.9. The smallest absolute Gasteiger partial charge is 0.257 e. The van der Waals surface area contributed by atoms with Gasteiger partial charge in [-0.05, 0) is 31.4 Å². The van der Waals surface area contributed by atoms with Gasteiger partial charge < -0.3 is 5.73 Å². The van der Waals surface area contributed by atoms with Gasteiger partial charge in [-0.15, -0.1) is 0 Å². The molecule has 0 fully saturated rings. The molecule has 0 radical (unpaired) electrons. The summed E-state index contributed by atoms with van der Waals surface area (Å²) in [4.78, 5) is 16.2. The number of nitrogens with zero attached hydrogens (tertiary/aromatic N) is 2. The van der Waals surface area contributed by atoms with Crippen molar-refractivity contribution in [2.75, 3.05) is 5.73 Å². The van der Waals surface area contributed by atoms with Crippen molar-refractivity contribution in [2.45, 2.75) is 33.6 Å². The van der Waals surface area contributed by atoms with Gasteiger partial charge in [-0.3, -0.25) is 9.36 Å². The molecule has 0 atom stereocenters. The quantitative estimate of drug-likeness (QED) is 0.821. The molecule has 0 amide bonds. The topological polar surface area (TPSA) is 60.9 Å². The van der Waals surface area contributed by atoms with Gasteiger partial charge in [0, 0.05) is 17.1 Å². The zero-order valence-electron chi connectivity index (χ0n) is 13.2. The van der Waals surface area contributed by atoms with Crippen LogP contribution in [-0.4, -0.2) is 9.55 Å². The van der Waals surface area contributed by atoms with Crippen molar-refractivity contribution in [3.63, 3.8) is 0 Å². The van der Waals surface area contributed by atoms with Gasteiger partial charge in [-0.1, -0.05) is 49.0 Å². The number of allylic oxidation sites excluding steroid dienone is 4. The minimum absolute atomic E-state index is 0.100. The van der Waals surface area contributed by atoms with Crippen molar-refractivity contribution in [3.05, 3.63) is 57.0 Å². The number of nitrogens with two attached hydrogens (primary N) is 1. The molecule has 0 aliphatic carbocycles. The van der Waals surface area contributed by atoms with Crippen LogP contribution < -0.4 is 11.3 Å².